The first-order valence-corrected chi connectivity index (χ1v) is 4.33. The summed E-state index contributed by atoms with van der Waals surface area (Å²) in [5.74, 6) is 1.66. The summed E-state index contributed by atoms with van der Waals surface area (Å²) >= 11 is 0. The molecule has 1 aromatic heterocycles. The summed E-state index contributed by atoms with van der Waals surface area (Å²) in [5, 5.41) is 4.24. The van der Waals surface area contributed by atoms with Crippen molar-refractivity contribution in [3.63, 3.8) is 0 Å². The van der Waals surface area contributed by atoms with Gasteiger partial charge in [-0.25, -0.2) is 0 Å². The predicted octanol–water partition coefficient (Wildman–Crippen LogP) is -0.229. The molecule has 0 saturated heterocycles. The zero-order chi connectivity index (χ0) is 10.0. The summed E-state index contributed by atoms with van der Waals surface area (Å²) in [5.41, 5.74) is 5.68. The lowest BCUT2D eigenvalue weighted by Crippen LogP contribution is -2.20. The summed E-state index contributed by atoms with van der Waals surface area (Å²) in [4.78, 5) is 6.23. The van der Waals surface area contributed by atoms with Crippen molar-refractivity contribution in [1.82, 2.24) is 14.8 Å². The first-order chi connectivity index (χ1) is 6.00. The largest absolute Gasteiger partial charge is 0.346 e. The van der Waals surface area contributed by atoms with E-state index in [-0.39, 0.29) is 6.04 Å². The molecule has 74 valence electrons. The molecule has 0 fully saturated rings. The maximum absolute atomic E-state index is 5.68. The summed E-state index contributed by atoms with van der Waals surface area (Å²) < 4.78 is 1.78. The highest BCUT2D eigenvalue weighted by Gasteiger charge is 2.09. The van der Waals surface area contributed by atoms with Crippen LogP contribution in [0.25, 0.3) is 0 Å². The minimum Gasteiger partial charge on any atom is -0.346 e. The molecule has 0 saturated carbocycles. The van der Waals surface area contributed by atoms with Gasteiger partial charge in [0.15, 0.2) is 0 Å². The molecule has 0 spiro atoms. The maximum Gasteiger partial charge on any atom is 0.244 e. The Morgan fingerprint density at radius 3 is 2.54 bits per heavy atom. The van der Waals surface area contributed by atoms with Gasteiger partial charge in [0.1, 0.15) is 5.82 Å². The van der Waals surface area contributed by atoms with E-state index < -0.39 is 0 Å². The van der Waals surface area contributed by atoms with Crippen LogP contribution in [-0.4, -0.2) is 34.9 Å². The van der Waals surface area contributed by atoms with Gasteiger partial charge in [0.2, 0.25) is 5.95 Å². The summed E-state index contributed by atoms with van der Waals surface area (Å²) in [6.07, 6.45) is 0.761. The van der Waals surface area contributed by atoms with Crippen LogP contribution in [0, 0.1) is 0 Å². The summed E-state index contributed by atoms with van der Waals surface area (Å²) in [6, 6.07) is 0.123. The number of rotatable bonds is 3. The number of nitrogens with two attached hydrogens (primary N) is 1. The van der Waals surface area contributed by atoms with Crippen molar-refractivity contribution in [2.45, 2.75) is 19.4 Å². The van der Waals surface area contributed by atoms with Gasteiger partial charge in [-0.1, -0.05) is 0 Å². The lowest BCUT2D eigenvalue weighted by Gasteiger charge is -2.03. The van der Waals surface area contributed by atoms with Gasteiger partial charge in [-0.15, -0.1) is 5.10 Å². The van der Waals surface area contributed by atoms with Crippen molar-refractivity contribution in [3.8, 4) is 0 Å². The fraction of sp³-hybridized carbons (Fsp3) is 0.750. The zero-order valence-corrected chi connectivity index (χ0v) is 8.65. The molecule has 0 bridgehead atoms. The Morgan fingerprint density at radius 2 is 2.15 bits per heavy atom. The topological polar surface area (TPSA) is 60.0 Å². The van der Waals surface area contributed by atoms with Crippen LogP contribution in [0.3, 0.4) is 0 Å². The van der Waals surface area contributed by atoms with Crippen LogP contribution in [0.15, 0.2) is 0 Å². The number of hydrogen-bond donors (Lipinski definition) is 1. The average molecular weight is 183 g/mol. The molecule has 0 aliphatic carbocycles. The van der Waals surface area contributed by atoms with Gasteiger partial charge in [-0.2, -0.15) is 4.98 Å². The second-order valence-electron chi connectivity index (χ2n) is 3.53. The van der Waals surface area contributed by atoms with Crippen LogP contribution in [0.1, 0.15) is 12.7 Å². The van der Waals surface area contributed by atoms with Crippen LogP contribution in [0.2, 0.25) is 0 Å². The predicted molar refractivity (Wildman–Crippen MR) is 52.7 cm³/mol. The van der Waals surface area contributed by atoms with E-state index >= 15 is 0 Å². The first kappa shape index (κ1) is 9.98. The monoisotopic (exact) mass is 183 g/mol. The van der Waals surface area contributed by atoms with Gasteiger partial charge in [-0.05, 0) is 6.92 Å². The van der Waals surface area contributed by atoms with E-state index in [1.165, 1.54) is 0 Å². The Kier molecular flexibility index (Phi) is 2.87. The number of aromatic nitrogens is 3. The maximum atomic E-state index is 5.68. The van der Waals surface area contributed by atoms with Crippen LogP contribution in [0.5, 0.6) is 0 Å². The lowest BCUT2D eigenvalue weighted by molar-refractivity contribution is 0.638. The van der Waals surface area contributed by atoms with E-state index in [9.17, 15) is 0 Å². The summed E-state index contributed by atoms with van der Waals surface area (Å²) in [6.45, 7) is 1.96. The van der Waals surface area contributed by atoms with Crippen molar-refractivity contribution in [3.05, 3.63) is 5.82 Å². The smallest absolute Gasteiger partial charge is 0.244 e. The third-order valence-electron chi connectivity index (χ3n) is 1.75. The molecule has 1 unspecified atom stereocenters. The molecule has 1 aromatic rings. The molecular weight excluding hydrogens is 166 g/mol. The number of nitrogens with zero attached hydrogens (tertiary/aromatic N) is 4. The molecule has 1 atom stereocenters. The SMILES string of the molecule is CC(N)Cc1nc(N(C)C)nn1C. The molecule has 5 heteroatoms. The standard InChI is InChI=1S/C8H17N5/c1-6(9)5-7-10-8(12(2)3)11-13(7)4/h6H,5,9H2,1-4H3. The molecule has 2 N–H and O–H groups in total. The molecule has 0 radical (unpaired) electrons. The van der Waals surface area contributed by atoms with E-state index in [2.05, 4.69) is 10.1 Å². The minimum absolute atomic E-state index is 0.123. The third kappa shape index (κ3) is 2.42. The molecular formula is C8H17N5. The Bertz CT molecular complexity index is 276. The van der Waals surface area contributed by atoms with E-state index in [0.717, 1.165) is 18.2 Å². The molecule has 1 heterocycles. The fourth-order valence-electron chi connectivity index (χ4n) is 1.06. The van der Waals surface area contributed by atoms with E-state index in [1.54, 1.807) is 4.68 Å². The zero-order valence-electron chi connectivity index (χ0n) is 8.65. The highest BCUT2D eigenvalue weighted by Crippen LogP contribution is 2.06. The Balaban J connectivity index is 2.83. The van der Waals surface area contributed by atoms with E-state index in [4.69, 9.17) is 5.73 Å². The number of anilines is 1. The Hall–Kier alpha value is -1.10. The number of hydrogen-bond acceptors (Lipinski definition) is 4. The molecule has 0 aliphatic rings. The van der Waals surface area contributed by atoms with Crippen LogP contribution in [0.4, 0.5) is 5.95 Å². The van der Waals surface area contributed by atoms with Crippen molar-refractivity contribution in [1.29, 1.82) is 0 Å². The lowest BCUT2D eigenvalue weighted by atomic mass is 10.2. The first-order valence-electron chi connectivity index (χ1n) is 4.33. The molecule has 0 aliphatic heterocycles. The van der Waals surface area contributed by atoms with Gasteiger partial charge in [-0.3, -0.25) is 4.68 Å². The van der Waals surface area contributed by atoms with Gasteiger partial charge in [0.05, 0.1) is 0 Å². The minimum atomic E-state index is 0.123. The molecule has 13 heavy (non-hydrogen) atoms. The van der Waals surface area contributed by atoms with Crippen molar-refractivity contribution in [2.75, 3.05) is 19.0 Å². The summed E-state index contributed by atoms with van der Waals surface area (Å²) in [7, 11) is 5.73. The van der Waals surface area contributed by atoms with Gasteiger partial charge >= 0.3 is 0 Å². The highest BCUT2D eigenvalue weighted by molar-refractivity contribution is 5.25. The van der Waals surface area contributed by atoms with Crippen LogP contribution in [-0.2, 0) is 13.5 Å². The second-order valence-corrected chi connectivity index (χ2v) is 3.53. The van der Waals surface area contributed by atoms with E-state index in [0.29, 0.717) is 0 Å². The van der Waals surface area contributed by atoms with Crippen LogP contribution >= 0.6 is 0 Å². The molecule has 0 amide bonds. The fourth-order valence-corrected chi connectivity index (χ4v) is 1.06. The number of aryl methyl sites for hydroxylation is 1. The van der Waals surface area contributed by atoms with Gasteiger partial charge in [0.25, 0.3) is 0 Å². The van der Waals surface area contributed by atoms with Gasteiger partial charge in [0, 0.05) is 33.6 Å². The molecule has 5 nitrogen and oxygen atoms in total. The third-order valence-corrected chi connectivity index (χ3v) is 1.75. The van der Waals surface area contributed by atoms with E-state index in [1.807, 2.05) is 33.0 Å². The average Bonchev–Trinajstić information content (AvgIpc) is 2.31. The second kappa shape index (κ2) is 3.74. The normalized spacial score (nSPS) is 13.0. The molecule has 1 rings (SSSR count). The Labute approximate surface area is 78.5 Å². The quantitative estimate of drug-likeness (QED) is 0.703. The van der Waals surface area contributed by atoms with Crippen molar-refractivity contribution >= 4 is 5.95 Å². The van der Waals surface area contributed by atoms with Gasteiger partial charge < -0.3 is 10.6 Å². The molecule has 0 aromatic carbocycles. The highest BCUT2D eigenvalue weighted by atomic mass is 15.4. The van der Waals surface area contributed by atoms with Crippen LogP contribution < -0.4 is 10.6 Å². The Morgan fingerprint density at radius 1 is 1.54 bits per heavy atom. The van der Waals surface area contributed by atoms with Crippen molar-refractivity contribution in [2.24, 2.45) is 12.8 Å². The van der Waals surface area contributed by atoms with Crippen molar-refractivity contribution < 1.29 is 0 Å².